The van der Waals surface area contributed by atoms with E-state index in [0.717, 1.165) is 23.4 Å². The largest absolute Gasteiger partial charge is 0.352 e. The van der Waals surface area contributed by atoms with Crippen molar-refractivity contribution in [1.82, 2.24) is 10.3 Å². The van der Waals surface area contributed by atoms with Gasteiger partial charge in [0.15, 0.2) is 0 Å². The summed E-state index contributed by atoms with van der Waals surface area (Å²) in [6.45, 7) is 0.766. The fourth-order valence-electron chi connectivity index (χ4n) is 2.53. The van der Waals surface area contributed by atoms with Crippen LogP contribution in [-0.2, 0) is 0 Å². The topological polar surface area (TPSA) is 42.0 Å². The summed E-state index contributed by atoms with van der Waals surface area (Å²) in [6, 6.07) is 1.79. The highest BCUT2D eigenvalue weighted by Gasteiger charge is 2.14. The first-order valence-electron chi connectivity index (χ1n) is 6.64. The van der Waals surface area contributed by atoms with Crippen LogP contribution in [0, 0.1) is 5.92 Å². The van der Waals surface area contributed by atoms with Crippen molar-refractivity contribution in [1.29, 1.82) is 0 Å². The highest BCUT2D eigenvalue weighted by molar-refractivity contribution is 9.10. The lowest BCUT2D eigenvalue weighted by atomic mass is 10.0. The zero-order chi connectivity index (χ0) is 12.8. The van der Waals surface area contributed by atoms with Crippen LogP contribution in [0.5, 0.6) is 0 Å². The summed E-state index contributed by atoms with van der Waals surface area (Å²) in [7, 11) is 0. The average molecular weight is 311 g/mol. The zero-order valence-electron chi connectivity index (χ0n) is 10.5. The number of nitrogens with one attached hydrogen (secondary N) is 1. The molecule has 0 radical (unpaired) electrons. The van der Waals surface area contributed by atoms with Crippen LogP contribution in [0.25, 0.3) is 0 Å². The van der Waals surface area contributed by atoms with Gasteiger partial charge in [-0.2, -0.15) is 0 Å². The maximum atomic E-state index is 11.8. The van der Waals surface area contributed by atoms with Crippen molar-refractivity contribution in [3.63, 3.8) is 0 Å². The van der Waals surface area contributed by atoms with E-state index in [4.69, 9.17) is 0 Å². The van der Waals surface area contributed by atoms with E-state index in [-0.39, 0.29) is 5.91 Å². The van der Waals surface area contributed by atoms with Gasteiger partial charge in [0.1, 0.15) is 0 Å². The molecule has 4 heteroatoms. The van der Waals surface area contributed by atoms with Crippen molar-refractivity contribution >= 4 is 21.8 Å². The van der Waals surface area contributed by atoms with Gasteiger partial charge in [-0.3, -0.25) is 9.78 Å². The Morgan fingerprint density at radius 1 is 1.39 bits per heavy atom. The SMILES string of the molecule is O=C(NCCCC1CCCC1)c1cncc(Br)c1. The van der Waals surface area contributed by atoms with Crippen LogP contribution in [0.4, 0.5) is 0 Å². The molecule has 1 heterocycles. The molecule has 0 spiro atoms. The number of pyridine rings is 1. The van der Waals surface area contributed by atoms with Crippen molar-refractivity contribution in [3.05, 3.63) is 28.5 Å². The summed E-state index contributed by atoms with van der Waals surface area (Å²) in [4.78, 5) is 15.8. The zero-order valence-corrected chi connectivity index (χ0v) is 12.1. The first-order valence-corrected chi connectivity index (χ1v) is 7.44. The molecule has 2 rings (SSSR count). The van der Waals surface area contributed by atoms with Crippen LogP contribution in [-0.4, -0.2) is 17.4 Å². The molecule has 1 aliphatic rings. The van der Waals surface area contributed by atoms with Crippen molar-refractivity contribution in [2.75, 3.05) is 6.54 Å². The molecule has 1 amide bonds. The van der Waals surface area contributed by atoms with Gasteiger partial charge in [0, 0.05) is 23.4 Å². The van der Waals surface area contributed by atoms with Gasteiger partial charge in [-0.05, 0) is 40.8 Å². The summed E-state index contributed by atoms with van der Waals surface area (Å²) < 4.78 is 0.834. The second kappa shape index (κ2) is 6.88. The summed E-state index contributed by atoms with van der Waals surface area (Å²) in [6.07, 6.45) is 11.1. The maximum Gasteiger partial charge on any atom is 0.252 e. The fraction of sp³-hybridized carbons (Fsp3) is 0.571. The Labute approximate surface area is 117 Å². The van der Waals surface area contributed by atoms with Crippen LogP contribution in [0.2, 0.25) is 0 Å². The molecule has 1 fully saturated rings. The molecule has 0 bridgehead atoms. The van der Waals surface area contributed by atoms with Gasteiger partial charge in [0.2, 0.25) is 0 Å². The fourth-order valence-corrected chi connectivity index (χ4v) is 2.89. The van der Waals surface area contributed by atoms with Gasteiger partial charge in [-0.15, -0.1) is 0 Å². The van der Waals surface area contributed by atoms with Gasteiger partial charge in [0.25, 0.3) is 5.91 Å². The summed E-state index contributed by atoms with van der Waals surface area (Å²) in [5, 5.41) is 2.95. The third-order valence-corrected chi connectivity index (χ3v) is 3.95. The molecule has 1 aromatic rings. The molecule has 3 nitrogen and oxygen atoms in total. The van der Waals surface area contributed by atoms with Crippen LogP contribution in [0.3, 0.4) is 0 Å². The van der Waals surface area contributed by atoms with Gasteiger partial charge >= 0.3 is 0 Å². The van der Waals surface area contributed by atoms with Crippen LogP contribution in [0.15, 0.2) is 22.9 Å². The third kappa shape index (κ3) is 4.09. The number of hydrogen-bond acceptors (Lipinski definition) is 2. The molecular weight excluding hydrogens is 292 g/mol. The standard InChI is InChI=1S/C14H19BrN2O/c15-13-8-12(9-16-10-13)14(18)17-7-3-6-11-4-1-2-5-11/h8-11H,1-7H2,(H,17,18). The Kier molecular flexibility index (Phi) is 5.17. The Morgan fingerprint density at radius 3 is 2.89 bits per heavy atom. The van der Waals surface area contributed by atoms with Gasteiger partial charge in [0.05, 0.1) is 5.56 Å². The number of carbonyl (C=O) groups excluding carboxylic acids is 1. The average Bonchev–Trinajstić information content (AvgIpc) is 2.87. The van der Waals surface area contributed by atoms with E-state index in [1.54, 1.807) is 18.5 Å². The molecule has 0 aliphatic heterocycles. The molecule has 1 N–H and O–H groups in total. The number of amides is 1. The molecule has 1 aliphatic carbocycles. The van der Waals surface area contributed by atoms with Gasteiger partial charge < -0.3 is 5.32 Å². The highest BCUT2D eigenvalue weighted by atomic mass is 79.9. The van der Waals surface area contributed by atoms with Crippen molar-refractivity contribution < 1.29 is 4.79 Å². The minimum absolute atomic E-state index is 0.0322. The van der Waals surface area contributed by atoms with Gasteiger partial charge in [-0.25, -0.2) is 0 Å². The lowest BCUT2D eigenvalue weighted by molar-refractivity contribution is 0.0952. The molecular formula is C14H19BrN2O. The molecule has 98 valence electrons. The molecule has 0 saturated heterocycles. The molecule has 1 aromatic heterocycles. The highest BCUT2D eigenvalue weighted by Crippen LogP contribution is 2.28. The van der Waals surface area contributed by atoms with E-state index < -0.39 is 0 Å². The van der Waals surface area contributed by atoms with E-state index in [1.807, 2.05) is 0 Å². The Hall–Kier alpha value is -0.900. The minimum atomic E-state index is -0.0322. The minimum Gasteiger partial charge on any atom is -0.352 e. The summed E-state index contributed by atoms with van der Waals surface area (Å²) >= 11 is 3.31. The Morgan fingerprint density at radius 2 is 2.17 bits per heavy atom. The Balaban J connectivity index is 1.68. The molecule has 18 heavy (non-hydrogen) atoms. The normalized spacial score (nSPS) is 15.8. The number of rotatable bonds is 5. The molecule has 0 unspecified atom stereocenters. The first kappa shape index (κ1) is 13.5. The quantitative estimate of drug-likeness (QED) is 0.845. The van der Waals surface area contributed by atoms with E-state index >= 15 is 0 Å². The lowest BCUT2D eigenvalue weighted by Crippen LogP contribution is -2.24. The van der Waals surface area contributed by atoms with Crippen LogP contribution < -0.4 is 5.32 Å². The first-order chi connectivity index (χ1) is 8.75. The molecule has 1 saturated carbocycles. The Bertz CT molecular complexity index is 403. The van der Waals surface area contributed by atoms with E-state index in [2.05, 4.69) is 26.2 Å². The lowest BCUT2D eigenvalue weighted by Gasteiger charge is -2.09. The summed E-state index contributed by atoms with van der Waals surface area (Å²) in [5.41, 5.74) is 0.616. The second-order valence-electron chi connectivity index (χ2n) is 4.94. The number of hydrogen-bond donors (Lipinski definition) is 1. The third-order valence-electron chi connectivity index (χ3n) is 3.52. The maximum absolute atomic E-state index is 11.8. The second-order valence-corrected chi connectivity index (χ2v) is 5.86. The molecule has 0 aromatic carbocycles. The van der Waals surface area contributed by atoms with Gasteiger partial charge in [-0.1, -0.05) is 25.7 Å². The predicted molar refractivity (Wildman–Crippen MR) is 75.5 cm³/mol. The number of halogens is 1. The van der Waals surface area contributed by atoms with Crippen molar-refractivity contribution in [2.24, 2.45) is 5.92 Å². The smallest absolute Gasteiger partial charge is 0.252 e. The van der Waals surface area contributed by atoms with Crippen LogP contribution >= 0.6 is 15.9 Å². The molecule has 0 atom stereocenters. The van der Waals surface area contributed by atoms with Crippen LogP contribution in [0.1, 0.15) is 48.9 Å². The number of nitrogens with zero attached hydrogens (tertiary/aromatic N) is 1. The number of carbonyl (C=O) groups is 1. The summed E-state index contributed by atoms with van der Waals surface area (Å²) in [5.74, 6) is 0.865. The van der Waals surface area contributed by atoms with E-state index in [1.165, 1.54) is 32.1 Å². The number of aromatic nitrogens is 1. The monoisotopic (exact) mass is 310 g/mol. The predicted octanol–water partition coefficient (Wildman–Crippen LogP) is 3.54. The van der Waals surface area contributed by atoms with E-state index in [0.29, 0.717) is 5.56 Å². The van der Waals surface area contributed by atoms with Crippen molar-refractivity contribution in [3.8, 4) is 0 Å². The van der Waals surface area contributed by atoms with Crippen molar-refractivity contribution in [2.45, 2.75) is 38.5 Å². The van der Waals surface area contributed by atoms with E-state index in [9.17, 15) is 4.79 Å².